The molecule has 2 aromatic heterocycles. The van der Waals surface area contributed by atoms with Crippen LogP contribution in [0.5, 0.6) is 0 Å². The van der Waals surface area contributed by atoms with Gasteiger partial charge >= 0.3 is 5.63 Å². The molecule has 0 N–H and O–H groups in total. The number of carbonyl (C=O) groups is 2. The van der Waals surface area contributed by atoms with Crippen LogP contribution in [-0.2, 0) is 4.79 Å². The van der Waals surface area contributed by atoms with Crippen molar-refractivity contribution in [3.63, 3.8) is 0 Å². The zero-order chi connectivity index (χ0) is 25.1. The Balaban J connectivity index is 1.24. The summed E-state index contributed by atoms with van der Waals surface area (Å²) in [7, 11) is 0. The molecule has 1 aliphatic carbocycles. The third-order valence-electron chi connectivity index (χ3n) is 7.50. The molecule has 36 heavy (non-hydrogen) atoms. The van der Waals surface area contributed by atoms with Gasteiger partial charge in [0.25, 0.3) is 5.91 Å². The van der Waals surface area contributed by atoms with E-state index in [-0.39, 0.29) is 17.4 Å². The molecular formula is C28H33N3O5. The highest BCUT2D eigenvalue weighted by molar-refractivity contribution is 5.96. The molecule has 2 fully saturated rings. The zero-order valence-corrected chi connectivity index (χ0v) is 20.8. The predicted octanol–water partition coefficient (Wildman–Crippen LogP) is 4.07. The number of furan rings is 1. The minimum atomic E-state index is -0.379. The van der Waals surface area contributed by atoms with Crippen LogP contribution in [0.1, 0.15) is 48.2 Å². The summed E-state index contributed by atoms with van der Waals surface area (Å²) in [6.45, 7) is 5.90. The molecule has 3 heterocycles. The minimum Gasteiger partial charge on any atom is -0.459 e. The number of benzene rings is 1. The van der Waals surface area contributed by atoms with E-state index >= 15 is 0 Å². The van der Waals surface area contributed by atoms with Crippen LogP contribution in [0, 0.1) is 12.8 Å². The van der Waals surface area contributed by atoms with Crippen molar-refractivity contribution in [2.45, 2.75) is 39.0 Å². The second-order valence-electron chi connectivity index (χ2n) is 9.94. The fourth-order valence-electron chi connectivity index (χ4n) is 5.40. The SMILES string of the molecule is Cc1cc(=O)oc2cc(N(CC3CCCC3)C(=O)CCN3CCN(C(=O)c4ccco4)CC3)ccc12. The average molecular weight is 492 g/mol. The monoisotopic (exact) mass is 491 g/mol. The zero-order valence-electron chi connectivity index (χ0n) is 20.8. The minimum absolute atomic E-state index is 0.0744. The second-order valence-corrected chi connectivity index (χ2v) is 9.94. The van der Waals surface area contributed by atoms with Crippen LogP contribution in [0.4, 0.5) is 5.69 Å². The normalized spacial score (nSPS) is 17.1. The van der Waals surface area contributed by atoms with Crippen molar-refractivity contribution >= 4 is 28.5 Å². The molecule has 3 aromatic rings. The number of amides is 2. The van der Waals surface area contributed by atoms with Gasteiger partial charge in [-0.1, -0.05) is 12.8 Å². The molecule has 1 aromatic carbocycles. The highest BCUT2D eigenvalue weighted by atomic mass is 16.4. The lowest BCUT2D eigenvalue weighted by molar-refractivity contribution is -0.119. The van der Waals surface area contributed by atoms with E-state index in [0.29, 0.717) is 49.9 Å². The van der Waals surface area contributed by atoms with Crippen molar-refractivity contribution in [2.24, 2.45) is 5.92 Å². The predicted molar refractivity (Wildman–Crippen MR) is 137 cm³/mol. The summed E-state index contributed by atoms with van der Waals surface area (Å²) in [6, 6.07) is 10.6. The van der Waals surface area contributed by atoms with Crippen LogP contribution in [0.25, 0.3) is 11.0 Å². The smallest absolute Gasteiger partial charge is 0.336 e. The number of carbonyl (C=O) groups excluding carboxylic acids is 2. The number of aryl methyl sites for hydroxylation is 1. The van der Waals surface area contributed by atoms with Gasteiger partial charge in [-0.15, -0.1) is 0 Å². The van der Waals surface area contributed by atoms with Gasteiger partial charge in [-0.05, 0) is 55.5 Å². The fraction of sp³-hybridized carbons (Fsp3) is 0.464. The molecule has 190 valence electrons. The van der Waals surface area contributed by atoms with Crippen molar-refractivity contribution in [1.29, 1.82) is 0 Å². The third-order valence-corrected chi connectivity index (χ3v) is 7.50. The molecule has 0 spiro atoms. The lowest BCUT2D eigenvalue weighted by Gasteiger charge is -2.34. The van der Waals surface area contributed by atoms with Crippen molar-refractivity contribution in [1.82, 2.24) is 9.80 Å². The Bertz CT molecular complexity index is 1270. The first-order valence-corrected chi connectivity index (χ1v) is 12.9. The average Bonchev–Trinajstić information content (AvgIpc) is 3.60. The Morgan fingerprint density at radius 3 is 2.56 bits per heavy atom. The van der Waals surface area contributed by atoms with E-state index in [1.807, 2.05) is 30.0 Å². The van der Waals surface area contributed by atoms with E-state index < -0.39 is 0 Å². The van der Waals surface area contributed by atoms with Gasteiger partial charge in [-0.3, -0.25) is 14.5 Å². The van der Waals surface area contributed by atoms with E-state index in [0.717, 1.165) is 42.6 Å². The molecule has 1 saturated carbocycles. The van der Waals surface area contributed by atoms with Gasteiger partial charge in [0.05, 0.1) is 6.26 Å². The number of hydrogen-bond acceptors (Lipinski definition) is 6. The number of anilines is 1. The first-order valence-electron chi connectivity index (χ1n) is 12.9. The van der Waals surface area contributed by atoms with E-state index in [4.69, 9.17) is 8.83 Å². The van der Waals surface area contributed by atoms with Crippen LogP contribution in [0.3, 0.4) is 0 Å². The molecule has 0 bridgehead atoms. The van der Waals surface area contributed by atoms with Crippen LogP contribution in [0.2, 0.25) is 0 Å². The standard InChI is InChI=1S/C28H33N3O5/c1-20-17-27(33)36-25-18-22(8-9-23(20)25)31(19-21-5-2-3-6-21)26(32)10-11-29-12-14-30(15-13-29)28(34)24-7-4-16-35-24/h4,7-9,16-18,21H,2-3,5-6,10-15,19H2,1H3. The van der Waals surface area contributed by atoms with Crippen LogP contribution in [0.15, 0.2) is 56.3 Å². The summed E-state index contributed by atoms with van der Waals surface area (Å²) in [5.41, 5.74) is 1.78. The molecule has 8 nitrogen and oxygen atoms in total. The Morgan fingerprint density at radius 2 is 1.83 bits per heavy atom. The summed E-state index contributed by atoms with van der Waals surface area (Å²) < 4.78 is 10.7. The molecule has 0 atom stereocenters. The van der Waals surface area contributed by atoms with E-state index in [1.165, 1.54) is 25.2 Å². The maximum absolute atomic E-state index is 13.5. The highest BCUT2D eigenvalue weighted by Gasteiger charge is 2.26. The molecule has 2 aliphatic rings. The molecule has 5 rings (SSSR count). The molecule has 0 unspecified atom stereocenters. The Hall–Kier alpha value is -3.39. The number of piperazine rings is 1. The number of fused-ring (bicyclic) bond motifs is 1. The molecular weight excluding hydrogens is 458 g/mol. The molecule has 2 amide bonds. The fourth-order valence-corrected chi connectivity index (χ4v) is 5.40. The van der Waals surface area contributed by atoms with Gasteiger partial charge < -0.3 is 18.6 Å². The lowest BCUT2D eigenvalue weighted by Crippen LogP contribution is -2.49. The van der Waals surface area contributed by atoms with Crippen molar-refractivity contribution in [3.8, 4) is 0 Å². The Labute approximate surface area is 210 Å². The summed E-state index contributed by atoms with van der Waals surface area (Å²) in [5, 5.41) is 0.883. The van der Waals surface area contributed by atoms with Crippen molar-refractivity contribution < 1.29 is 18.4 Å². The van der Waals surface area contributed by atoms with Gasteiger partial charge in [0, 0.05) is 68.9 Å². The van der Waals surface area contributed by atoms with Gasteiger partial charge in [0.1, 0.15) is 5.58 Å². The highest BCUT2D eigenvalue weighted by Crippen LogP contribution is 2.30. The van der Waals surface area contributed by atoms with Gasteiger partial charge in [0.2, 0.25) is 5.91 Å². The number of hydrogen-bond donors (Lipinski definition) is 0. The van der Waals surface area contributed by atoms with E-state index in [2.05, 4.69) is 4.90 Å². The van der Waals surface area contributed by atoms with Crippen LogP contribution < -0.4 is 10.5 Å². The topological polar surface area (TPSA) is 87.2 Å². The lowest BCUT2D eigenvalue weighted by atomic mass is 10.1. The first-order chi connectivity index (χ1) is 17.5. The second kappa shape index (κ2) is 10.7. The third kappa shape index (κ3) is 5.38. The quantitative estimate of drug-likeness (QED) is 0.463. The van der Waals surface area contributed by atoms with Crippen LogP contribution in [-0.4, -0.2) is 60.9 Å². The Kier molecular flexibility index (Phi) is 7.23. The Morgan fingerprint density at radius 1 is 1.06 bits per heavy atom. The molecule has 1 aliphatic heterocycles. The van der Waals surface area contributed by atoms with Gasteiger partial charge in [-0.2, -0.15) is 0 Å². The van der Waals surface area contributed by atoms with Crippen molar-refractivity contribution in [2.75, 3.05) is 44.2 Å². The molecule has 1 saturated heterocycles. The first kappa shape index (κ1) is 24.3. The molecule has 8 heteroatoms. The van der Waals surface area contributed by atoms with Gasteiger partial charge in [0.15, 0.2) is 5.76 Å². The van der Waals surface area contributed by atoms with Crippen molar-refractivity contribution in [3.05, 3.63) is 64.4 Å². The number of rotatable bonds is 7. The number of nitrogens with zero attached hydrogens (tertiary/aromatic N) is 3. The van der Waals surface area contributed by atoms with E-state index in [1.54, 1.807) is 17.0 Å². The molecule has 0 radical (unpaired) electrons. The van der Waals surface area contributed by atoms with E-state index in [9.17, 15) is 14.4 Å². The summed E-state index contributed by atoms with van der Waals surface area (Å²) >= 11 is 0. The summed E-state index contributed by atoms with van der Waals surface area (Å²) in [5.74, 6) is 0.843. The summed E-state index contributed by atoms with van der Waals surface area (Å²) in [6.07, 6.45) is 6.60. The largest absolute Gasteiger partial charge is 0.459 e. The van der Waals surface area contributed by atoms with Crippen LogP contribution >= 0.6 is 0 Å². The maximum atomic E-state index is 13.5. The van der Waals surface area contributed by atoms with Gasteiger partial charge in [-0.25, -0.2) is 4.79 Å². The summed E-state index contributed by atoms with van der Waals surface area (Å²) in [4.78, 5) is 43.9. The maximum Gasteiger partial charge on any atom is 0.336 e.